The molecule has 1 atom stereocenters. The summed E-state index contributed by atoms with van der Waals surface area (Å²) in [5.41, 5.74) is 6.50. The molecule has 0 saturated carbocycles. The van der Waals surface area contributed by atoms with Crippen molar-refractivity contribution in [3.05, 3.63) is 22.2 Å². The van der Waals surface area contributed by atoms with Crippen LogP contribution in [0.4, 0.5) is 0 Å². The number of aryl methyl sites for hydroxylation is 1. The highest BCUT2D eigenvalue weighted by Gasteiger charge is 2.20. The Labute approximate surface area is 134 Å². The largest absolute Gasteiger partial charge is 0.495 e. The first-order chi connectivity index (χ1) is 8.77. The summed E-state index contributed by atoms with van der Waals surface area (Å²) in [4.78, 5) is 0.122. The van der Waals surface area contributed by atoms with Crippen molar-refractivity contribution in [2.75, 3.05) is 13.7 Å². The second-order valence-electron chi connectivity index (χ2n) is 4.42. The predicted octanol–water partition coefficient (Wildman–Crippen LogP) is 2.20. The van der Waals surface area contributed by atoms with E-state index in [9.17, 15) is 8.42 Å². The lowest BCUT2D eigenvalue weighted by Gasteiger charge is -2.13. The van der Waals surface area contributed by atoms with E-state index < -0.39 is 10.0 Å². The van der Waals surface area contributed by atoms with Crippen molar-refractivity contribution in [2.45, 2.75) is 31.2 Å². The van der Waals surface area contributed by atoms with Gasteiger partial charge in [-0.3, -0.25) is 0 Å². The monoisotopic (exact) mass is 386 g/mol. The number of ether oxygens (including phenoxy) is 1. The van der Waals surface area contributed by atoms with Crippen LogP contribution in [0.25, 0.3) is 0 Å². The zero-order valence-corrected chi connectivity index (χ0v) is 14.9. The summed E-state index contributed by atoms with van der Waals surface area (Å²) in [6.07, 6.45) is 0.578. The lowest BCUT2D eigenvalue weighted by molar-refractivity contribution is 0.402. The van der Waals surface area contributed by atoms with Gasteiger partial charge in [-0.2, -0.15) is 0 Å². The molecular formula is C12H20BrClN2O3S. The molecule has 0 spiro atoms. The molecule has 0 radical (unpaired) electrons. The molecule has 1 rings (SSSR count). The van der Waals surface area contributed by atoms with Crippen LogP contribution in [-0.2, 0) is 10.0 Å². The fourth-order valence-corrected chi connectivity index (χ4v) is 3.22. The molecule has 1 unspecified atom stereocenters. The molecule has 0 heterocycles. The van der Waals surface area contributed by atoms with Gasteiger partial charge in [-0.05, 0) is 38.0 Å². The summed E-state index contributed by atoms with van der Waals surface area (Å²) < 4.78 is 32.8. The predicted molar refractivity (Wildman–Crippen MR) is 86.1 cm³/mol. The summed E-state index contributed by atoms with van der Waals surface area (Å²) in [5, 5.41) is 0. The van der Waals surface area contributed by atoms with Gasteiger partial charge in [-0.1, -0.05) is 15.9 Å². The van der Waals surface area contributed by atoms with Crippen LogP contribution < -0.4 is 15.2 Å². The smallest absolute Gasteiger partial charge is 0.244 e. The van der Waals surface area contributed by atoms with Crippen LogP contribution in [0.1, 0.15) is 18.9 Å². The first kappa shape index (κ1) is 19.7. The number of hydrogen-bond acceptors (Lipinski definition) is 4. The Hall–Kier alpha value is -0.340. The second kappa shape index (κ2) is 8.19. The first-order valence-electron chi connectivity index (χ1n) is 5.87. The number of benzene rings is 1. The van der Waals surface area contributed by atoms with Crippen LogP contribution in [-0.4, -0.2) is 28.1 Å². The summed E-state index contributed by atoms with van der Waals surface area (Å²) in [6.45, 7) is 4.00. The van der Waals surface area contributed by atoms with E-state index in [0.29, 0.717) is 18.7 Å². The Balaban J connectivity index is 0.00000361. The Bertz CT molecular complexity index is 550. The van der Waals surface area contributed by atoms with E-state index in [4.69, 9.17) is 10.5 Å². The minimum Gasteiger partial charge on any atom is -0.495 e. The van der Waals surface area contributed by atoms with Gasteiger partial charge < -0.3 is 10.5 Å². The lowest BCUT2D eigenvalue weighted by Crippen LogP contribution is -2.29. The highest BCUT2D eigenvalue weighted by molar-refractivity contribution is 9.10. The third kappa shape index (κ3) is 5.21. The number of halogens is 2. The molecule has 0 aliphatic carbocycles. The van der Waals surface area contributed by atoms with Gasteiger partial charge in [0.15, 0.2) is 0 Å². The highest BCUT2D eigenvalue weighted by atomic mass is 79.9. The molecule has 0 saturated heterocycles. The van der Waals surface area contributed by atoms with E-state index in [-0.39, 0.29) is 23.3 Å². The first-order valence-corrected chi connectivity index (χ1v) is 8.15. The standard InChI is InChI=1S/C12H19BrN2O3S.ClH/c1-8-6-11(18-3)12(7-10(8)13)19(16,17)15-5-4-9(2)14;/h6-7,9,15H,4-5,14H2,1-3H3;1H. The summed E-state index contributed by atoms with van der Waals surface area (Å²) in [6, 6.07) is 3.18. The fraction of sp³-hybridized carbons (Fsp3) is 0.500. The Morgan fingerprint density at radius 1 is 1.45 bits per heavy atom. The van der Waals surface area contributed by atoms with Gasteiger partial charge in [0, 0.05) is 17.1 Å². The minimum absolute atomic E-state index is 0. The lowest BCUT2D eigenvalue weighted by atomic mass is 10.2. The van der Waals surface area contributed by atoms with E-state index >= 15 is 0 Å². The zero-order valence-electron chi connectivity index (χ0n) is 11.6. The fourth-order valence-electron chi connectivity index (χ4n) is 1.51. The van der Waals surface area contributed by atoms with Crippen molar-refractivity contribution in [3.8, 4) is 5.75 Å². The van der Waals surface area contributed by atoms with E-state index in [1.54, 1.807) is 12.1 Å². The van der Waals surface area contributed by atoms with Crippen molar-refractivity contribution in [3.63, 3.8) is 0 Å². The van der Waals surface area contributed by atoms with Gasteiger partial charge >= 0.3 is 0 Å². The molecule has 1 aromatic carbocycles. The molecular weight excluding hydrogens is 368 g/mol. The molecule has 5 nitrogen and oxygen atoms in total. The van der Waals surface area contributed by atoms with Crippen molar-refractivity contribution in [2.24, 2.45) is 5.73 Å². The van der Waals surface area contributed by atoms with Gasteiger partial charge in [-0.25, -0.2) is 13.1 Å². The molecule has 0 aliphatic rings. The molecule has 0 fully saturated rings. The number of hydrogen-bond donors (Lipinski definition) is 2. The molecule has 0 bridgehead atoms. The van der Waals surface area contributed by atoms with Crippen LogP contribution in [0.3, 0.4) is 0 Å². The number of nitrogens with two attached hydrogens (primary N) is 1. The van der Waals surface area contributed by atoms with Crippen LogP contribution in [0.2, 0.25) is 0 Å². The van der Waals surface area contributed by atoms with Crippen LogP contribution in [0.15, 0.2) is 21.5 Å². The van der Waals surface area contributed by atoms with Gasteiger partial charge in [0.1, 0.15) is 10.6 Å². The number of rotatable bonds is 6. The molecule has 1 aromatic rings. The van der Waals surface area contributed by atoms with E-state index in [1.807, 2.05) is 13.8 Å². The van der Waals surface area contributed by atoms with E-state index in [0.717, 1.165) is 10.0 Å². The maximum atomic E-state index is 12.2. The van der Waals surface area contributed by atoms with Gasteiger partial charge in [0.2, 0.25) is 10.0 Å². The third-order valence-corrected chi connectivity index (χ3v) is 4.96. The van der Waals surface area contributed by atoms with Crippen molar-refractivity contribution in [1.82, 2.24) is 4.72 Å². The Kier molecular flexibility index (Phi) is 8.05. The van der Waals surface area contributed by atoms with Gasteiger partial charge in [0.05, 0.1) is 7.11 Å². The molecule has 8 heteroatoms. The van der Waals surface area contributed by atoms with E-state index in [2.05, 4.69) is 20.7 Å². The summed E-state index contributed by atoms with van der Waals surface area (Å²) >= 11 is 3.33. The average molecular weight is 388 g/mol. The third-order valence-electron chi connectivity index (χ3n) is 2.63. The Morgan fingerprint density at radius 2 is 2.05 bits per heavy atom. The van der Waals surface area contributed by atoms with Crippen LogP contribution >= 0.6 is 28.3 Å². The van der Waals surface area contributed by atoms with Crippen molar-refractivity contribution in [1.29, 1.82) is 0 Å². The SMILES string of the molecule is COc1cc(C)c(Br)cc1S(=O)(=O)NCCC(C)N.Cl. The van der Waals surface area contributed by atoms with Crippen molar-refractivity contribution < 1.29 is 13.2 Å². The highest BCUT2D eigenvalue weighted by Crippen LogP contribution is 2.30. The van der Waals surface area contributed by atoms with Gasteiger partial charge in [-0.15, -0.1) is 12.4 Å². The molecule has 0 amide bonds. The number of methoxy groups -OCH3 is 1. The topological polar surface area (TPSA) is 81.4 Å². The zero-order chi connectivity index (χ0) is 14.6. The number of sulfonamides is 1. The molecule has 116 valence electrons. The van der Waals surface area contributed by atoms with Crippen LogP contribution in [0.5, 0.6) is 5.75 Å². The quantitative estimate of drug-likeness (QED) is 0.784. The van der Waals surface area contributed by atoms with Crippen molar-refractivity contribution >= 4 is 38.4 Å². The Morgan fingerprint density at radius 3 is 2.55 bits per heavy atom. The maximum Gasteiger partial charge on any atom is 0.244 e. The maximum absolute atomic E-state index is 12.2. The number of nitrogens with one attached hydrogen (secondary N) is 1. The minimum atomic E-state index is -3.60. The molecule has 3 N–H and O–H groups in total. The molecule has 20 heavy (non-hydrogen) atoms. The normalized spacial score (nSPS) is 12.7. The van der Waals surface area contributed by atoms with Gasteiger partial charge in [0.25, 0.3) is 0 Å². The summed E-state index contributed by atoms with van der Waals surface area (Å²) in [7, 11) is -2.15. The molecule has 0 aliphatic heterocycles. The van der Waals surface area contributed by atoms with E-state index in [1.165, 1.54) is 7.11 Å². The summed E-state index contributed by atoms with van der Waals surface area (Å²) in [5.74, 6) is 0.328. The second-order valence-corrected chi connectivity index (χ2v) is 7.01. The van der Waals surface area contributed by atoms with Crippen LogP contribution in [0, 0.1) is 6.92 Å². The average Bonchev–Trinajstić information content (AvgIpc) is 2.31. The molecule has 0 aromatic heterocycles.